The minimum absolute atomic E-state index is 0.00279. The highest BCUT2D eigenvalue weighted by atomic mass is 16.4. The first-order chi connectivity index (χ1) is 8.06. The fourth-order valence-corrected chi connectivity index (χ4v) is 1.09. The van der Waals surface area contributed by atoms with Gasteiger partial charge in [-0.15, -0.1) is 0 Å². The molecule has 0 aromatic rings. The van der Waals surface area contributed by atoms with E-state index in [0.29, 0.717) is 25.9 Å². The number of nitrogens with one attached hydrogen (secondary N) is 2. The van der Waals surface area contributed by atoms with Crippen LogP contribution in [0, 0.1) is 0 Å². The molecule has 17 heavy (non-hydrogen) atoms. The predicted octanol–water partition coefficient (Wildman–Crippen LogP) is 0.0498. The Bertz CT molecular complexity index is 289. The van der Waals surface area contributed by atoms with E-state index in [1.165, 1.54) is 6.08 Å². The number of hydrogen-bond donors (Lipinski definition) is 3. The molecule has 0 radical (unpaired) electrons. The highest BCUT2D eigenvalue weighted by Crippen LogP contribution is 1.94. The molecule has 3 N–H and O–H groups in total. The van der Waals surface area contributed by atoms with Crippen LogP contribution in [0.1, 0.15) is 25.7 Å². The summed E-state index contributed by atoms with van der Waals surface area (Å²) in [5, 5.41) is 13.6. The van der Waals surface area contributed by atoms with Gasteiger partial charge in [0.2, 0.25) is 11.8 Å². The smallest absolute Gasteiger partial charge is 0.303 e. The van der Waals surface area contributed by atoms with Crippen molar-refractivity contribution in [2.75, 3.05) is 13.1 Å². The van der Waals surface area contributed by atoms with Crippen molar-refractivity contribution in [3.8, 4) is 0 Å². The van der Waals surface area contributed by atoms with E-state index in [-0.39, 0.29) is 24.7 Å². The van der Waals surface area contributed by atoms with Gasteiger partial charge in [-0.25, -0.2) is 0 Å². The lowest BCUT2D eigenvalue weighted by atomic mass is 10.2. The quantitative estimate of drug-likeness (QED) is 0.393. The monoisotopic (exact) mass is 242 g/mol. The first kappa shape index (κ1) is 15.2. The minimum atomic E-state index is -0.898. The normalized spacial score (nSPS) is 9.41. The summed E-state index contributed by atoms with van der Waals surface area (Å²) in [5.74, 6) is -1.30. The molecule has 2 amide bonds. The molecular weight excluding hydrogens is 224 g/mol. The van der Waals surface area contributed by atoms with Crippen LogP contribution in [-0.4, -0.2) is 36.0 Å². The molecule has 0 fully saturated rings. The third-order valence-corrected chi connectivity index (χ3v) is 1.95. The zero-order valence-corrected chi connectivity index (χ0v) is 9.70. The lowest BCUT2D eigenvalue weighted by Gasteiger charge is -2.05. The van der Waals surface area contributed by atoms with Crippen LogP contribution in [-0.2, 0) is 14.4 Å². The molecule has 0 bridgehead atoms. The Kier molecular flexibility index (Phi) is 8.36. The number of carboxylic acids is 1. The Morgan fingerprint density at radius 3 is 2.29 bits per heavy atom. The van der Waals surface area contributed by atoms with Gasteiger partial charge in [0.05, 0.1) is 0 Å². The van der Waals surface area contributed by atoms with Gasteiger partial charge < -0.3 is 15.7 Å². The average Bonchev–Trinajstić information content (AvgIpc) is 2.27. The van der Waals surface area contributed by atoms with Gasteiger partial charge in [0.15, 0.2) is 0 Å². The van der Waals surface area contributed by atoms with Crippen molar-refractivity contribution in [2.45, 2.75) is 25.7 Å². The molecule has 0 aliphatic heterocycles. The highest BCUT2D eigenvalue weighted by Gasteiger charge is 2.03. The maximum atomic E-state index is 11.2. The highest BCUT2D eigenvalue weighted by molar-refractivity contribution is 5.86. The number of carbonyl (C=O) groups is 3. The van der Waals surface area contributed by atoms with Crippen LogP contribution in [0.5, 0.6) is 0 Å². The zero-order chi connectivity index (χ0) is 13.1. The summed E-state index contributed by atoms with van der Waals surface area (Å²) in [5.41, 5.74) is 0. The Morgan fingerprint density at radius 1 is 1.06 bits per heavy atom. The molecule has 0 aliphatic carbocycles. The molecule has 0 unspecified atom stereocenters. The number of carbonyl (C=O) groups excluding carboxylic acids is 2. The van der Waals surface area contributed by atoms with Crippen molar-refractivity contribution in [1.82, 2.24) is 10.6 Å². The number of hydrogen-bond acceptors (Lipinski definition) is 3. The summed E-state index contributed by atoms with van der Waals surface area (Å²) < 4.78 is 0. The van der Waals surface area contributed by atoms with Crippen molar-refractivity contribution in [2.24, 2.45) is 0 Å². The van der Waals surface area contributed by atoms with Crippen LogP contribution < -0.4 is 10.6 Å². The van der Waals surface area contributed by atoms with Gasteiger partial charge in [0, 0.05) is 25.9 Å². The lowest BCUT2D eigenvalue weighted by Crippen LogP contribution is -2.28. The van der Waals surface area contributed by atoms with E-state index in [4.69, 9.17) is 5.11 Å². The maximum absolute atomic E-state index is 11.2. The fraction of sp³-hybridized carbons (Fsp3) is 0.545. The summed E-state index contributed by atoms with van der Waals surface area (Å²) in [6, 6.07) is 0. The first-order valence-corrected chi connectivity index (χ1v) is 5.45. The Balaban J connectivity index is 3.36. The van der Waals surface area contributed by atoms with Crippen molar-refractivity contribution in [1.29, 1.82) is 0 Å². The molecule has 0 aromatic carbocycles. The molecule has 0 aliphatic rings. The van der Waals surface area contributed by atoms with Crippen molar-refractivity contribution in [3.05, 3.63) is 12.7 Å². The van der Waals surface area contributed by atoms with E-state index in [1.807, 2.05) is 0 Å². The molecule has 0 saturated carbocycles. The third kappa shape index (κ3) is 10.4. The second-order valence-electron chi connectivity index (χ2n) is 3.45. The maximum Gasteiger partial charge on any atom is 0.303 e. The topological polar surface area (TPSA) is 95.5 Å². The van der Waals surface area contributed by atoms with Crippen LogP contribution in [0.15, 0.2) is 12.7 Å². The Hall–Kier alpha value is -1.85. The Morgan fingerprint density at radius 2 is 1.71 bits per heavy atom. The van der Waals surface area contributed by atoms with Gasteiger partial charge in [0.25, 0.3) is 0 Å². The number of rotatable bonds is 9. The van der Waals surface area contributed by atoms with E-state index in [1.54, 1.807) is 0 Å². The van der Waals surface area contributed by atoms with Gasteiger partial charge in [-0.1, -0.05) is 6.58 Å². The largest absolute Gasteiger partial charge is 0.481 e. The average molecular weight is 242 g/mol. The van der Waals surface area contributed by atoms with E-state index < -0.39 is 5.97 Å². The molecule has 96 valence electrons. The molecule has 0 heterocycles. The SMILES string of the molecule is C=CC(=O)NCCCNC(=O)CCCC(=O)O. The molecule has 0 aromatic heterocycles. The van der Waals surface area contributed by atoms with E-state index in [2.05, 4.69) is 17.2 Å². The summed E-state index contributed by atoms with van der Waals surface area (Å²) in [7, 11) is 0. The van der Waals surface area contributed by atoms with E-state index in [0.717, 1.165) is 0 Å². The number of amides is 2. The first-order valence-electron chi connectivity index (χ1n) is 5.45. The third-order valence-electron chi connectivity index (χ3n) is 1.95. The summed E-state index contributed by atoms with van der Waals surface area (Å²) in [6.07, 6.45) is 2.37. The van der Waals surface area contributed by atoms with E-state index in [9.17, 15) is 14.4 Å². The summed E-state index contributed by atoms with van der Waals surface area (Å²) >= 11 is 0. The fourth-order valence-electron chi connectivity index (χ4n) is 1.09. The molecule has 6 nitrogen and oxygen atoms in total. The van der Waals surface area contributed by atoms with Gasteiger partial charge in [-0.3, -0.25) is 14.4 Å². The number of aliphatic carboxylic acids is 1. The van der Waals surface area contributed by atoms with Crippen LogP contribution in [0.3, 0.4) is 0 Å². The lowest BCUT2D eigenvalue weighted by molar-refractivity contribution is -0.137. The summed E-state index contributed by atoms with van der Waals surface area (Å²) in [6.45, 7) is 4.24. The molecular formula is C11H18N2O4. The van der Waals surface area contributed by atoms with Crippen LogP contribution >= 0.6 is 0 Å². The molecule has 6 heteroatoms. The Labute approximate surface area is 100 Å². The van der Waals surface area contributed by atoms with Crippen molar-refractivity contribution >= 4 is 17.8 Å². The van der Waals surface area contributed by atoms with Crippen LogP contribution in [0.4, 0.5) is 0 Å². The minimum Gasteiger partial charge on any atom is -0.481 e. The van der Waals surface area contributed by atoms with Crippen molar-refractivity contribution < 1.29 is 19.5 Å². The van der Waals surface area contributed by atoms with Gasteiger partial charge in [0.1, 0.15) is 0 Å². The molecule has 0 rings (SSSR count). The molecule has 0 saturated heterocycles. The summed E-state index contributed by atoms with van der Waals surface area (Å²) in [4.78, 5) is 32.1. The predicted molar refractivity (Wildman–Crippen MR) is 62.3 cm³/mol. The second-order valence-corrected chi connectivity index (χ2v) is 3.45. The van der Waals surface area contributed by atoms with Crippen LogP contribution in [0.25, 0.3) is 0 Å². The van der Waals surface area contributed by atoms with Gasteiger partial charge >= 0.3 is 5.97 Å². The van der Waals surface area contributed by atoms with Crippen LogP contribution in [0.2, 0.25) is 0 Å². The standard InChI is InChI=1S/C11H18N2O4/c1-2-9(14)12-7-4-8-13-10(15)5-3-6-11(16)17/h2H,1,3-8H2,(H,12,14)(H,13,15)(H,16,17). The molecule has 0 spiro atoms. The molecule has 0 atom stereocenters. The van der Waals surface area contributed by atoms with E-state index >= 15 is 0 Å². The van der Waals surface area contributed by atoms with Gasteiger partial charge in [-0.05, 0) is 18.9 Å². The van der Waals surface area contributed by atoms with Gasteiger partial charge in [-0.2, -0.15) is 0 Å². The zero-order valence-electron chi connectivity index (χ0n) is 9.70. The number of carboxylic acid groups (broad SMARTS) is 1. The second kappa shape index (κ2) is 9.38. The van der Waals surface area contributed by atoms with Crippen molar-refractivity contribution in [3.63, 3.8) is 0 Å².